The first-order chi connectivity index (χ1) is 17.0. The highest BCUT2D eigenvalue weighted by Crippen LogP contribution is 2.35. The van der Waals surface area contributed by atoms with Gasteiger partial charge in [0.25, 0.3) is 11.8 Å². The molecule has 35 heavy (non-hydrogen) atoms. The Balaban J connectivity index is 1.80. The van der Waals surface area contributed by atoms with Gasteiger partial charge in [-0.25, -0.2) is 0 Å². The highest BCUT2D eigenvalue weighted by molar-refractivity contribution is 7.98. The Morgan fingerprint density at radius 1 is 1.06 bits per heavy atom. The molecule has 1 N–H and O–H groups in total. The molecule has 0 spiro atoms. The summed E-state index contributed by atoms with van der Waals surface area (Å²) in [5, 5.41) is 20.6. The molecule has 9 heteroatoms. The molecule has 0 unspecified atom stereocenters. The molecule has 0 radical (unpaired) electrons. The molecular weight excluding hydrogens is 462 g/mol. The summed E-state index contributed by atoms with van der Waals surface area (Å²) in [4.78, 5) is 18.9. The smallest absolute Gasteiger partial charge is 0.261 e. The maximum Gasteiger partial charge on any atom is 0.261 e. The molecular formula is C26H21N5O3S. The fraction of sp³-hybridized carbons (Fsp3) is 0.115. The Morgan fingerprint density at radius 2 is 1.91 bits per heavy atom. The van der Waals surface area contributed by atoms with Crippen molar-refractivity contribution in [2.75, 3.05) is 18.7 Å². The van der Waals surface area contributed by atoms with Crippen molar-refractivity contribution in [3.63, 3.8) is 0 Å². The quantitative estimate of drug-likeness (QED) is 0.343. The van der Waals surface area contributed by atoms with Crippen molar-refractivity contribution in [3.05, 3.63) is 83.6 Å². The Bertz CT molecular complexity index is 1420. The summed E-state index contributed by atoms with van der Waals surface area (Å²) >= 11 is 1.58. The number of methoxy groups -OCH3 is 1. The number of thioether (sulfide) groups is 1. The standard InChI is InChI=1S/C26H21N5O3S/c1-16-23(25(32)29-18-7-6-8-19(14-18)35-3)26(31-30-24(16)20-9-4-5-12-28-20)34-21-11-10-17(15-27)13-22(21)33-2/h4-14H,1-3H3,(H,29,32). The maximum atomic E-state index is 13.5. The molecule has 4 aromatic rings. The fourth-order valence-electron chi connectivity index (χ4n) is 3.40. The van der Waals surface area contributed by atoms with Gasteiger partial charge in [0.15, 0.2) is 11.5 Å². The number of carbonyl (C=O) groups is 1. The average molecular weight is 484 g/mol. The van der Waals surface area contributed by atoms with Crippen molar-refractivity contribution in [3.8, 4) is 34.8 Å². The monoisotopic (exact) mass is 483 g/mol. The maximum absolute atomic E-state index is 13.5. The van der Waals surface area contributed by atoms with Crippen LogP contribution in [0, 0.1) is 18.3 Å². The number of rotatable bonds is 7. The molecule has 0 aliphatic rings. The van der Waals surface area contributed by atoms with E-state index in [0.29, 0.717) is 39.7 Å². The number of nitrogens with zero attached hydrogens (tertiary/aromatic N) is 4. The summed E-state index contributed by atoms with van der Waals surface area (Å²) in [5.41, 5.74) is 2.86. The zero-order chi connectivity index (χ0) is 24.8. The topological polar surface area (TPSA) is 110 Å². The van der Waals surface area contributed by atoms with Crippen LogP contribution in [0.15, 0.2) is 71.8 Å². The zero-order valence-corrected chi connectivity index (χ0v) is 20.1. The summed E-state index contributed by atoms with van der Waals surface area (Å²) in [5.74, 6) is 0.222. The van der Waals surface area contributed by atoms with Gasteiger partial charge in [-0.15, -0.1) is 22.0 Å². The number of nitriles is 1. The first-order valence-corrected chi connectivity index (χ1v) is 11.8. The minimum absolute atomic E-state index is 0.00344. The Morgan fingerprint density at radius 3 is 2.63 bits per heavy atom. The van der Waals surface area contributed by atoms with Gasteiger partial charge in [-0.2, -0.15) is 5.26 Å². The normalized spacial score (nSPS) is 10.3. The Labute approximate surface area is 207 Å². The number of pyridine rings is 1. The van der Waals surface area contributed by atoms with Crippen LogP contribution in [0.3, 0.4) is 0 Å². The third-order valence-electron chi connectivity index (χ3n) is 5.15. The van der Waals surface area contributed by atoms with Gasteiger partial charge in [-0.05, 0) is 61.2 Å². The van der Waals surface area contributed by atoms with E-state index >= 15 is 0 Å². The molecule has 2 aromatic carbocycles. The molecule has 2 heterocycles. The number of nitrogens with one attached hydrogen (secondary N) is 1. The second kappa shape index (κ2) is 10.7. The van der Waals surface area contributed by atoms with E-state index in [4.69, 9.17) is 9.47 Å². The van der Waals surface area contributed by atoms with Crippen LogP contribution in [0.1, 0.15) is 21.5 Å². The van der Waals surface area contributed by atoms with Crippen LogP contribution in [-0.2, 0) is 0 Å². The number of ether oxygens (including phenoxy) is 2. The van der Waals surface area contributed by atoms with Crippen LogP contribution in [0.5, 0.6) is 17.4 Å². The van der Waals surface area contributed by atoms with E-state index in [-0.39, 0.29) is 11.4 Å². The van der Waals surface area contributed by atoms with E-state index in [1.165, 1.54) is 7.11 Å². The molecule has 1 amide bonds. The van der Waals surface area contributed by atoms with Crippen LogP contribution < -0.4 is 14.8 Å². The zero-order valence-electron chi connectivity index (χ0n) is 19.3. The van der Waals surface area contributed by atoms with Crippen LogP contribution >= 0.6 is 11.8 Å². The van der Waals surface area contributed by atoms with Gasteiger partial charge >= 0.3 is 0 Å². The van der Waals surface area contributed by atoms with E-state index in [0.717, 1.165) is 4.90 Å². The van der Waals surface area contributed by atoms with Gasteiger partial charge in [-0.1, -0.05) is 12.1 Å². The SMILES string of the molecule is COc1cc(C#N)ccc1Oc1nnc(-c2ccccn2)c(C)c1C(=O)Nc1cccc(SC)c1. The van der Waals surface area contributed by atoms with Gasteiger partial charge in [0, 0.05) is 22.8 Å². The number of aromatic nitrogens is 3. The minimum Gasteiger partial charge on any atom is -0.493 e. The number of hydrogen-bond acceptors (Lipinski definition) is 8. The molecule has 0 aliphatic heterocycles. The van der Waals surface area contributed by atoms with Crippen LogP contribution in [0.25, 0.3) is 11.4 Å². The minimum atomic E-state index is -0.407. The van der Waals surface area contributed by atoms with E-state index in [1.807, 2.05) is 36.6 Å². The van der Waals surface area contributed by atoms with Crippen molar-refractivity contribution in [2.45, 2.75) is 11.8 Å². The predicted octanol–water partition coefficient (Wildman–Crippen LogP) is 5.49. The van der Waals surface area contributed by atoms with E-state index in [2.05, 4.69) is 26.6 Å². The van der Waals surface area contributed by atoms with Crippen LogP contribution in [0.2, 0.25) is 0 Å². The molecule has 0 bridgehead atoms. The number of anilines is 1. The number of carbonyl (C=O) groups excluding carboxylic acids is 1. The van der Waals surface area contributed by atoms with E-state index in [9.17, 15) is 10.1 Å². The van der Waals surface area contributed by atoms with Crippen molar-refractivity contribution >= 4 is 23.4 Å². The molecule has 174 valence electrons. The molecule has 0 fully saturated rings. The van der Waals surface area contributed by atoms with Gasteiger partial charge < -0.3 is 14.8 Å². The second-order valence-electron chi connectivity index (χ2n) is 7.33. The number of benzene rings is 2. The van der Waals surface area contributed by atoms with Gasteiger partial charge in [0.2, 0.25) is 0 Å². The van der Waals surface area contributed by atoms with E-state index < -0.39 is 5.91 Å². The molecule has 0 saturated carbocycles. The first kappa shape index (κ1) is 23.7. The van der Waals surface area contributed by atoms with Crippen molar-refractivity contribution < 1.29 is 14.3 Å². The van der Waals surface area contributed by atoms with Crippen molar-refractivity contribution in [2.24, 2.45) is 0 Å². The van der Waals surface area contributed by atoms with Gasteiger partial charge in [0.05, 0.1) is 24.4 Å². The number of amides is 1. The molecule has 4 rings (SSSR count). The third-order valence-corrected chi connectivity index (χ3v) is 5.87. The summed E-state index contributed by atoms with van der Waals surface area (Å²) < 4.78 is 11.4. The van der Waals surface area contributed by atoms with Crippen molar-refractivity contribution in [1.82, 2.24) is 15.2 Å². The third kappa shape index (κ3) is 5.23. The number of hydrogen-bond donors (Lipinski definition) is 1. The first-order valence-electron chi connectivity index (χ1n) is 10.5. The summed E-state index contributed by atoms with van der Waals surface area (Å²) in [6, 6.07) is 19.7. The van der Waals surface area contributed by atoms with Crippen molar-refractivity contribution in [1.29, 1.82) is 5.26 Å². The lowest BCUT2D eigenvalue weighted by atomic mass is 10.1. The largest absolute Gasteiger partial charge is 0.493 e. The Hall–Kier alpha value is -4.42. The predicted molar refractivity (Wildman–Crippen MR) is 134 cm³/mol. The van der Waals surface area contributed by atoms with Crippen LogP contribution in [0.4, 0.5) is 5.69 Å². The average Bonchev–Trinajstić information content (AvgIpc) is 2.89. The lowest BCUT2D eigenvalue weighted by molar-refractivity contribution is 0.102. The highest BCUT2D eigenvalue weighted by atomic mass is 32.2. The lowest BCUT2D eigenvalue weighted by Gasteiger charge is -2.16. The summed E-state index contributed by atoms with van der Waals surface area (Å²) in [6.45, 7) is 1.77. The Kier molecular flexibility index (Phi) is 7.24. The molecule has 0 saturated heterocycles. The van der Waals surface area contributed by atoms with Gasteiger partial charge in [-0.3, -0.25) is 9.78 Å². The molecule has 2 aromatic heterocycles. The van der Waals surface area contributed by atoms with Gasteiger partial charge in [0.1, 0.15) is 11.3 Å². The molecule has 8 nitrogen and oxygen atoms in total. The molecule has 0 aliphatic carbocycles. The summed E-state index contributed by atoms with van der Waals surface area (Å²) in [7, 11) is 1.47. The highest BCUT2D eigenvalue weighted by Gasteiger charge is 2.24. The summed E-state index contributed by atoms with van der Waals surface area (Å²) in [6.07, 6.45) is 3.62. The van der Waals surface area contributed by atoms with Crippen LogP contribution in [-0.4, -0.2) is 34.5 Å². The lowest BCUT2D eigenvalue weighted by Crippen LogP contribution is -2.17. The second-order valence-corrected chi connectivity index (χ2v) is 8.21. The van der Waals surface area contributed by atoms with E-state index in [1.54, 1.807) is 55.2 Å². The fourth-order valence-corrected chi connectivity index (χ4v) is 3.86. The molecule has 0 atom stereocenters.